The van der Waals surface area contributed by atoms with Crippen LogP contribution < -0.4 is 5.56 Å². The van der Waals surface area contributed by atoms with Crippen molar-refractivity contribution in [3.63, 3.8) is 0 Å². The number of aromatic nitrogens is 2. The topological polar surface area (TPSA) is 58.4 Å². The third-order valence-corrected chi connectivity index (χ3v) is 5.50. The van der Waals surface area contributed by atoms with Crippen LogP contribution in [0.5, 0.6) is 0 Å². The lowest BCUT2D eigenvalue weighted by atomic mass is 10.2. The summed E-state index contributed by atoms with van der Waals surface area (Å²) in [5.41, 5.74) is 0.701. The number of aryl methyl sites for hydroxylation is 1. The van der Waals surface area contributed by atoms with E-state index >= 15 is 0 Å². The summed E-state index contributed by atoms with van der Waals surface area (Å²) in [4.78, 5) is 33.3. The quantitative estimate of drug-likeness (QED) is 0.769. The first-order valence-electron chi connectivity index (χ1n) is 7.81. The number of nitrogens with zero attached hydrogens (tertiary/aromatic N) is 4. The molecule has 0 N–H and O–H groups in total. The molecule has 0 aromatic carbocycles. The standard InChI is InChI=1S/C15H22N4O2S/c1-3-17-4-6-18(7-5-17)13(20)9-12-10-22-15-16-11(2)8-14(21)19(12)15/h8,12H,3-7,9-10H2,1-2H3. The molecule has 3 heterocycles. The Bertz CT molecular complexity index is 622. The number of thioether (sulfide) groups is 1. The number of carbonyl (C=O) groups excluding carboxylic acids is 1. The Hall–Kier alpha value is -1.34. The number of carbonyl (C=O) groups is 1. The maximum Gasteiger partial charge on any atom is 0.254 e. The Balaban J connectivity index is 1.66. The lowest BCUT2D eigenvalue weighted by Gasteiger charge is -2.34. The fraction of sp³-hybridized carbons (Fsp3) is 0.667. The predicted octanol–water partition coefficient (Wildman–Crippen LogP) is 0.753. The molecule has 1 aromatic rings. The number of likely N-dealkylation sites (N-methyl/N-ethyl adjacent to an activating group) is 1. The van der Waals surface area contributed by atoms with Gasteiger partial charge in [-0.05, 0) is 13.5 Å². The van der Waals surface area contributed by atoms with Gasteiger partial charge in [0.05, 0.1) is 6.04 Å². The number of fused-ring (bicyclic) bond motifs is 1. The Labute approximate surface area is 134 Å². The summed E-state index contributed by atoms with van der Waals surface area (Å²) in [6.45, 7) is 8.48. The Morgan fingerprint density at radius 2 is 2.09 bits per heavy atom. The van der Waals surface area contributed by atoms with Crippen LogP contribution in [0.25, 0.3) is 0 Å². The second-order valence-corrected chi connectivity index (χ2v) is 6.86. The molecule has 2 aliphatic heterocycles. The highest BCUT2D eigenvalue weighted by Crippen LogP contribution is 2.32. The van der Waals surface area contributed by atoms with E-state index in [0.717, 1.165) is 49.3 Å². The normalized spacial score (nSPS) is 21.9. The van der Waals surface area contributed by atoms with Crippen molar-refractivity contribution >= 4 is 17.7 Å². The van der Waals surface area contributed by atoms with Gasteiger partial charge in [0.25, 0.3) is 5.56 Å². The molecular formula is C15H22N4O2S. The third kappa shape index (κ3) is 3.05. The van der Waals surface area contributed by atoms with E-state index in [9.17, 15) is 9.59 Å². The van der Waals surface area contributed by atoms with Crippen LogP contribution in [0.15, 0.2) is 16.0 Å². The molecule has 0 spiro atoms. The number of rotatable bonds is 3. The number of hydrogen-bond acceptors (Lipinski definition) is 5. The minimum atomic E-state index is -0.0581. The molecule has 1 atom stereocenters. The minimum absolute atomic E-state index is 0.0406. The molecule has 0 radical (unpaired) electrons. The van der Waals surface area contributed by atoms with Gasteiger partial charge in [-0.2, -0.15) is 0 Å². The molecule has 1 fully saturated rings. The Morgan fingerprint density at radius 1 is 1.36 bits per heavy atom. The third-order valence-electron chi connectivity index (χ3n) is 4.40. The van der Waals surface area contributed by atoms with Crippen LogP contribution in [0, 0.1) is 6.92 Å². The number of hydrogen-bond donors (Lipinski definition) is 0. The summed E-state index contributed by atoms with van der Waals surface area (Å²) in [7, 11) is 0. The van der Waals surface area contributed by atoms with Gasteiger partial charge in [0.1, 0.15) is 0 Å². The fourth-order valence-corrected chi connectivity index (χ4v) is 4.25. The molecule has 6 nitrogen and oxygen atoms in total. The van der Waals surface area contributed by atoms with Crippen LogP contribution in [0.2, 0.25) is 0 Å². The maximum absolute atomic E-state index is 12.5. The van der Waals surface area contributed by atoms with Crippen LogP contribution >= 0.6 is 11.8 Å². The summed E-state index contributed by atoms with van der Waals surface area (Å²) in [5.74, 6) is 0.911. The van der Waals surface area contributed by atoms with E-state index in [4.69, 9.17) is 0 Å². The number of amides is 1. The lowest BCUT2D eigenvalue weighted by molar-refractivity contribution is -0.133. The van der Waals surface area contributed by atoms with Gasteiger partial charge < -0.3 is 9.80 Å². The van der Waals surface area contributed by atoms with Crippen molar-refractivity contribution in [2.75, 3.05) is 38.5 Å². The summed E-state index contributed by atoms with van der Waals surface area (Å²) in [6, 6.07) is 1.49. The second kappa shape index (κ2) is 6.42. The van der Waals surface area contributed by atoms with E-state index in [2.05, 4.69) is 16.8 Å². The molecule has 1 saturated heterocycles. The van der Waals surface area contributed by atoms with Crippen LogP contribution in [0.1, 0.15) is 25.1 Å². The predicted molar refractivity (Wildman–Crippen MR) is 86.3 cm³/mol. The van der Waals surface area contributed by atoms with E-state index < -0.39 is 0 Å². The van der Waals surface area contributed by atoms with E-state index in [0.29, 0.717) is 6.42 Å². The van der Waals surface area contributed by atoms with Crippen molar-refractivity contribution in [3.05, 3.63) is 22.1 Å². The van der Waals surface area contributed by atoms with Gasteiger partial charge in [0, 0.05) is 50.1 Å². The van der Waals surface area contributed by atoms with Gasteiger partial charge in [-0.25, -0.2) is 4.98 Å². The average Bonchev–Trinajstić information content (AvgIpc) is 2.90. The monoisotopic (exact) mass is 322 g/mol. The summed E-state index contributed by atoms with van der Waals surface area (Å²) >= 11 is 1.57. The second-order valence-electron chi connectivity index (χ2n) is 5.87. The van der Waals surface area contributed by atoms with Gasteiger partial charge in [0.15, 0.2) is 5.16 Å². The maximum atomic E-state index is 12.5. The zero-order valence-corrected chi connectivity index (χ0v) is 13.9. The average molecular weight is 322 g/mol. The van der Waals surface area contributed by atoms with E-state index in [1.54, 1.807) is 22.4 Å². The van der Waals surface area contributed by atoms with E-state index in [1.807, 2.05) is 11.8 Å². The molecular weight excluding hydrogens is 300 g/mol. The molecule has 22 heavy (non-hydrogen) atoms. The van der Waals surface area contributed by atoms with Crippen LogP contribution in [0.3, 0.4) is 0 Å². The molecule has 0 saturated carbocycles. The lowest BCUT2D eigenvalue weighted by Crippen LogP contribution is -2.49. The number of piperazine rings is 1. The van der Waals surface area contributed by atoms with Crippen LogP contribution in [0.4, 0.5) is 0 Å². The molecule has 2 aliphatic rings. The molecule has 7 heteroatoms. The molecule has 1 aromatic heterocycles. The van der Waals surface area contributed by atoms with Crippen molar-refractivity contribution in [1.29, 1.82) is 0 Å². The molecule has 0 bridgehead atoms. The smallest absolute Gasteiger partial charge is 0.254 e. The van der Waals surface area contributed by atoms with Crippen molar-refractivity contribution in [2.45, 2.75) is 31.5 Å². The summed E-state index contributed by atoms with van der Waals surface area (Å²) in [6.07, 6.45) is 0.400. The van der Waals surface area contributed by atoms with Crippen molar-refractivity contribution in [1.82, 2.24) is 19.4 Å². The fourth-order valence-electron chi connectivity index (χ4n) is 3.06. The van der Waals surface area contributed by atoms with Gasteiger partial charge in [-0.3, -0.25) is 14.2 Å². The molecule has 1 unspecified atom stereocenters. The first kappa shape index (κ1) is 15.6. The zero-order valence-electron chi connectivity index (χ0n) is 13.1. The molecule has 3 rings (SSSR count). The Morgan fingerprint density at radius 3 is 2.77 bits per heavy atom. The first-order valence-corrected chi connectivity index (χ1v) is 8.80. The Kier molecular flexibility index (Phi) is 4.54. The van der Waals surface area contributed by atoms with Gasteiger partial charge in [-0.15, -0.1) is 0 Å². The van der Waals surface area contributed by atoms with Gasteiger partial charge in [-0.1, -0.05) is 18.7 Å². The highest BCUT2D eigenvalue weighted by molar-refractivity contribution is 7.99. The zero-order chi connectivity index (χ0) is 15.7. The van der Waals surface area contributed by atoms with Crippen molar-refractivity contribution in [3.8, 4) is 0 Å². The van der Waals surface area contributed by atoms with Gasteiger partial charge in [0.2, 0.25) is 5.91 Å². The molecule has 0 aliphatic carbocycles. The van der Waals surface area contributed by atoms with Crippen molar-refractivity contribution < 1.29 is 4.79 Å². The van der Waals surface area contributed by atoms with E-state index in [1.165, 1.54) is 0 Å². The summed E-state index contributed by atoms with van der Waals surface area (Å²) in [5, 5.41) is 0.749. The first-order chi connectivity index (χ1) is 10.6. The highest BCUT2D eigenvalue weighted by atomic mass is 32.2. The van der Waals surface area contributed by atoms with Gasteiger partial charge >= 0.3 is 0 Å². The highest BCUT2D eigenvalue weighted by Gasteiger charge is 2.29. The summed E-state index contributed by atoms with van der Waals surface area (Å²) < 4.78 is 1.69. The SMILES string of the molecule is CCN1CCN(C(=O)CC2CSc3nc(C)cc(=O)n32)CC1. The van der Waals surface area contributed by atoms with Crippen molar-refractivity contribution in [2.24, 2.45) is 0 Å². The largest absolute Gasteiger partial charge is 0.340 e. The van der Waals surface area contributed by atoms with Crippen LogP contribution in [-0.2, 0) is 4.79 Å². The van der Waals surface area contributed by atoms with E-state index in [-0.39, 0.29) is 17.5 Å². The minimum Gasteiger partial charge on any atom is -0.340 e. The molecule has 120 valence electrons. The molecule has 1 amide bonds. The van der Waals surface area contributed by atoms with Crippen LogP contribution in [-0.4, -0.2) is 63.7 Å².